The number of hydrogen-bond donors (Lipinski definition) is 1. The Kier molecular flexibility index (Phi) is 3.69. The van der Waals surface area contributed by atoms with Crippen molar-refractivity contribution < 1.29 is 4.79 Å². The summed E-state index contributed by atoms with van der Waals surface area (Å²) in [5.74, 6) is -0.269. The Balaban J connectivity index is 1.97. The number of hydrogen-bond acceptors (Lipinski definition) is 5. The molecular weight excluding hydrogens is 336 g/mol. The molecule has 1 aromatic carbocycles. The second kappa shape index (κ2) is 5.80. The summed E-state index contributed by atoms with van der Waals surface area (Å²) in [5, 5.41) is 13.8. The maximum atomic E-state index is 12.4. The molecule has 0 aliphatic carbocycles. The molecular formula is C13H9BrN6O. The van der Waals surface area contributed by atoms with Crippen LogP contribution in [0, 0.1) is 0 Å². The molecule has 8 heteroatoms. The van der Waals surface area contributed by atoms with Crippen molar-refractivity contribution in [3.8, 4) is 5.69 Å². The Labute approximate surface area is 128 Å². The lowest BCUT2D eigenvalue weighted by molar-refractivity contribution is 0.102. The molecule has 0 fully saturated rings. The van der Waals surface area contributed by atoms with Crippen LogP contribution in [0.5, 0.6) is 0 Å². The van der Waals surface area contributed by atoms with E-state index >= 15 is 0 Å². The number of benzene rings is 1. The lowest BCUT2D eigenvalue weighted by Gasteiger charge is -2.09. The van der Waals surface area contributed by atoms with Crippen LogP contribution in [0.4, 0.5) is 5.69 Å². The highest BCUT2D eigenvalue weighted by atomic mass is 79.9. The van der Waals surface area contributed by atoms with Gasteiger partial charge >= 0.3 is 0 Å². The molecule has 1 amide bonds. The van der Waals surface area contributed by atoms with Gasteiger partial charge in [0.1, 0.15) is 6.33 Å². The van der Waals surface area contributed by atoms with Crippen molar-refractivity contribution in [3.05, 3.63) is 59.1 Å². The number of carbonyl (C=O) groups excluding carboxylic acids is 1. The average Bonchev–Trinajstić information content (AvgIpc) is 3.02. The summed E-state index contributed by atoms with van der Waals surface area (Å²) in [7, 11) is 0. The van der Waals surface area contributed by atoms with E-state index < -0.39 is 0 Å². The molecule has 0 aliphatic rings. The van der Waals surface area contributed by atoms with E-state index in [9.17, 15) is 4.79 Å². The fourth-order valence-corrected chi connectivity index (χ4v) is 2.16. The summed E-state index contributed by atoms with van der Waals surface area (Å²) in [6.07, 6.45) is 4.65. The number of nitrogens with zero attached hydrogens (tertiary/aromatic N) is 5. The van der Waals surface area contributed by atoms with Gasteiger partial charge in [-0.25, -0.2) is 0 Å². The van der Waals surface area contributed by atoms with Gasteiger partial charge in [0.15, 0.2) is 0 Å². The van der Waals surface area contributed by atoms with Gasteiger partial charge in [0.2, 0.25) is 0 Å². The van der Waals surface area contributed by atoms with E-state index in [2.05, 4.69) is 41.8 Å². The van der Waals surface area contributed by atoms with E-state index in [-0.39, 0.29) is 5.91 Å². The molecule has 2 aromatic heterocycles. The molecule has 1 N–H and O–H groups in total. The van der Waals surface area contributed by atoms with E-state index in [1.165, 1.54) is 11.0 Å². The molecule has 2 heterocycles. The Hall–Kier alpha value is -2.61. The van der Waals surface area contributed by atoms with Crippen LogP contribution in [-0.2, 0) is 0 Å². The van der Waals surface area contributed by atoms with Crippen LogP contribution in [0.3, 0.4) is 0 Å². The minimum absolute atomic E-state index is 0.269. The van der Waals surface area contributed by atoms with E-state index in [0.717, 1.165) is 4.47 Å². The third kappa shape index (κ3) is 2.95. The molecule has 0 unspecified atom stereocenters. The van der Waals surface area contributed by atoms with Gasteiger partial charge in [-0.1, -0.05) is 15.9 Å². The molecule has 3 rings (SSSR count). The first-order chi connectivity index (χ1) is 10.2. The van der Waals surface area contributed by atoms with Gasteiger partial charge < -0.3 is 5.32 Å². The molecule has 0 spiro atoms. The van der Waals surface area contributed by atoms with Gasteiger partial charge in [0.25, 0.3) is 5.91 Å². The van der Waals surface area contributed by atoms with Crippen LogP contribution in [0.15, 0.2) is 53.5 Å². The third-order valence-corrected chi connectivity index (χ3v) is 3.21. The summed E-state index contributed by atoms with van der Waals surface area (Å²) >= 11 is 3.36. The number of rotatable bonds is 3. The average molecular weight is 345 g/mol. The highest BCUT2D eigenvalue weighted by molar-refractivity contribution is 9.10. The van der Waals surface area contributed by atoms with Crippen molar-refractivity contribution >= 4 is 27.5 Å². The van der Waals surface area contributed by atoms with Crippen molar-refractivity contribution in [2.24, 2.45) is 0 Å². The van der Waals surface area contributed by atoms with Gasteiger partial charge in [-0.05, 0) is 40.8 Å². The zero-order valence-corrected chi connectivity index (χ0v) is 12.2. The second-order valence-electron chi connectivity index (χ2n) is 4.11. The van der Waals surface area contributed by atoms with Crippen molar-refractivity contribution in [3.63, 3.8) is 0 Å². The molecule has 3 aromatic rings. The Morgan fingerprint density at radius 2 is 2.19 bits per heavy atom. The first-order valence-corrected chi connectivity index (χ1v) is 6.77. The largest absolute Gasteiger partial charge is 0.321 e. The van der Waals surface area contributed by atoms with Crippen LogP contribution >= 0.6 is 15.9 Å². The summed E-state index contributed by atoms with van der Waals surface area (Å²) < 4.78 is 2.22. The molecule has 0 atom stereocenters. The van der Waals surface area contributed by atoms with E-state index in [0.29, 0.717) is 16.9 Å². The van der Waals surface area contributed by atoms with Gasteiger partial charge in [-0.3, -0.25) is 9.78 Å². The standard InChI is InChI=1S/C13H9BrN6O/c14-9-3-4-12(20-8-16-18-19-20)11(6-9)13(21)17-10-2-1-5-15-7-10/h1-8H,(H,17,21). The molecule has 0 radical (unpaired) electrons. The SMILES string of the molecule is O=C(Nc1cccnc1)c1cc(Br)ccc1-n1cnnn1. The van der Waals surface area contributed by atoms with Gasteiger partial charge in [0, 0.05) is 10.7 Å². The van der Waals surface area contributed by atoms with Crippen molar-refractivity contribution in [2.45, 2.75) is 0 Å². The number of aromatic nitrogens is 5. The van der Waals surface area contributed by atoms with Crippen LogP contribution in [0.25, 0.3) is 5.69 Å². The van der Waals surface area contributed by atoms with Gasteiger partial charge in [-0.2, -0.15) is 4.68 Å². The molecule has 21 heavy (non-hydrogen) atoms. The minimum atomic E-state index is -0.269. The van der Waals surface area contributed by atoms with Gasteiger partial charge in [-0.15, -0.1) is 5.10 Å². The lowest BCUT2D eigenvalue weighted by atomic mass is 10.1. The second-order valence-corrected chi connectivity index (χ2v) is 5.03. The molecule has 104 valence electrons. The Morgan fingerprint density at radius 3 is 2.90 bits per heavy atom. The number of tetrazole rings is 1. The zero-order chi connectivity index (χ0) is 14.7. The molecule has 0 saturated heterocycles. The monoisotopic (exact) mass is 344 g/mol. The maximum absolute atomic E-state index is 12.4. The summed E-state index contributed by atoms with van der Waals surface area (Å²) in [4.78, 5) is 16.4. The number of carbonyl (C=O) groups is 1. The summed E-state index contributed by atoms with van der Waals surface area (Å²) in [5.41, 5.74) is 1.65. The maximum Gasteiger partial charge on any atom is 0.257 e. The fraction of sp³-hybridized carbons (Fsp3) is 0. The van der Waals surface area contributed by atoms with E-state index in [4.69, 9.17) is 0 Å². The first kappa shape index (κ1) is 13.4. The summed E-state index contributed by atoms with van der Waals surface area (Å²) in [6, 6.07) is 8.80. The smallest absolute Gasteiger partial charge is 0.257 e. The predicted molar refractivity (Wildman–Crippen MR) is 79.0 cm³/mol. The highest BCUT2D eigenvalue weighted by Crippen LogP contribution is 2.20. The Bertz CT molecular complexity index is 760. The minimum Gasteiger partial charge on any atom is -0.321 e. The Morgan fingerprint density at radius 1 is 1.29 bits per heavy atom. The van der Waals surface area contributed by atoms with Crippen LogP contribution in [0.1, 0.15) is 10.4 Å². The number of amides is 1. The molecule has 0 aliphatic heterocycles. The number of nitrogens with one attached hydrogen (secondary N) is 1. The van der Waals surface area contributed by atoms with Crippen molar-refractivity contribution in [1.82, 2.24) is 25.2 Å². The molecule has 7 nitrogen and oxygen atoms in total. The number of anilines is 1. The van der Waals surface area contributed by atoms with E-state index in [1.54, 1.807) is 36.7 Å². The first-order valence-electron chi connectivity index (χ1n) is 5.98. The van der Waals surface area contributed by atoms with Crippen molar-refractivity contribution in [2.75, 3.05) is 5.32 Å². The highest BCUT2D eigenvalue weighted by Gasteiger charge is 2.14. The zero-order valence-electron chi connectivity index (χ0n) is 10.6. The number of pyridine rings is 1. The van der Waals surface area contributed by atoms with Crippen LogP contribution in [-0.4, -0.2) is 31.1 Å². The third-order valence-electron chi connectivity index (χ3n) is 2.72. The van der Waals surface area contributed by atoms with Crippen LogP contribution < -0.4 is 5.32 Å². The topological polar surface area (TPSA) is 85.6 Å². The fourth-order valence-electron chi connectivity index (χ4n) is 1.80. The molecule has 0 saturated carbocycles. The van der Waals surface area contributed by atoms with Gasteiger partial charge in [0.05, 0.1) is 23.1 Å². The van der Waals surface area contributed by atoms with Crippen LogP contribution in [0.2, 0.25) is 0 Å². The number of halogens is 1. The lowest BCUT2D eigenvalue weighted by Crippen LogP contribution is -2.15. The normalized spacial score (nSPS) is 10.3. The molecule has 0 bridgehead atoms. The van der Waals surface area contributed by atoms with Crippen molar-refractivity contribution in [1.29, 1.82) is 0 Å². The quantitative estimate of drug-likeness (QED) is 0.785. The summed E-state index contributed by atoms with van der Waals surface area (Å²) in [6.45, 7) is 0. The van der Waals surface area contributed by atoms with E-state index in [1.807, 2.05) is 6.07 Å². The predicted octanol–water partition coefficient (Wildman–Crippen LogP) is 2.07.